The normalized spacial score (nSPS) is 21.5. The number of hydrogen-bond acceptors (Lipinski definition) is 5. The summed E-state index contributed by atoms with van der Waals surface area (Å²) in [5, 5.41) is 8.29. The topological polar surface area (TPSA) is 77.0 Å². The minimum absolute atomic E-state index is 0.0000260. The summed E-state index contributed by atoms with van der Waals surface area (Å²) in [5.41, 5.74) is 0.625. The third-order valence-electron chi connectivity index (χ3n) is 4.40. The molecule has 116 valence electrons. The molecule has 1 aliphatic carbocycles. The van der Waals surface area contributed by atoms with Crippen molar-refractivity contribution in [2.45, 2.75) is 51.1 Å². The van der Waals surface area contributed by atoms with E-state index in [2.05, 4.69) is 15.2 Å². The average Bonchev–Trinajstić information content (AvgIpc) is 3.02. The molecule has 0 N–H and O–H groups in total. The maximum atomic E-state index is 12.7. The number of rotatable bonds is 4. The van der Waals surface area contributed by atoms with Crippen LogP contribution in [0.3, 0.4) is 0 Å². The van der Waals surface area contributed by atoms with Gasteiger partial charge in [0.2, 0.25) is 5.89 Å². The predicted molar refractivity (Wildman–Crippen MR) is 77.2 cm³/mol. The molecule has 7 nitrogen and oxygen atoms in total. The van der Waals surface area contributed by atoms with E-state index in [4.69, 9.17) is 4.52 Å². The van der Waals surface area contributed by atoms with Crippen LogP contribution in [-0.2, 0) is 6.54 Å². The quantitative estimate of drug-likeness (QED) is 0.864. The van der Waals surface area contributed by atoms with Crippen LogP contribution in [0.4, 0.5) is 0 Å². The molecule has 2 aliphatic rings. The number of nitrogens with zero attached hydrogens (tertiary/aromatic N) is 5. The SMILES string of the molecule is CCn1cc(C(=O)N2CCC[C@H]2c2noc(C3CC3)n2)cn1. The molecule has 4 rings (SSSR count). The van der Waals surface area contributed by atoms with E-state index in [1.165, 1.54) is 0 Å². The van der Waals surface area contributed by atoms with Crippen LogP contribution in [0, 0.1) is 0 Å². The van der Waals surface area contributed by atoms with Crippen molar-refractivity contribution in [1.82, 2.24) is 24.8 Å². The van der Waals surface area contributed by atoms with Gasteiger partial charge in [-0.1, -0.05) is 5.16 Å². The van der Waals surface area contributed by atoms with Gasteiger partial charge in [-0.05, 0) is 32.6 Å². The van der Waals surface area contributed by atoms with Gasteiger partial charge in [-0.15, -0.1) is 0 Å². The number of carbonyl (C=O) groups is 1. The fourth-order valence-electron chi connectivity index (χ4n) is 2.97. The van der Waals surface area contributed by atoms with Gasteiger partial charge in [0.15, 0.2) is 5.82 Å². The van der Waals surface area contributed by atoms with E-state index in [0.717, 1.165) is 44.7 Å². The molecule has 3 heterocycles. The summed E-state index contributed by atoms with van der Waals surface area (Å²) >= 11 is 0. The largest absolute Gasteiger partial charge is 0.339 e. The van der Waals surface area contributed by atoms with Crippen LogP contribution >= 0.6 is 0 Å². The van der Waals surface area contributed by atoms with E-state index < -0.39 is 0 Å². The second-order valence-electron chi connectivity index (χ2n) is 6.01. The highest BCUT2D eigenvalue weighted by atomic mass is 16.5. The van der Waals surface area contributed by atoms with Gasteiger partial charge in [-0.3, -0.25) is 9.48 Å². The fraction of sp³-hybridized carbons (Fsp3) is 0.600. The number of amides is 1. The molecular formula is C15H19N5O2. The van der Waals surface area contributed by atoms with E-state index in [0.29, 0.717) is 17.3 Å². The predicted octanol–water partition coefficient (Wildman–Crippen LogP) is 2.14. The lowest BCUT2D eigenvalue weighted by atomic mass is 10.2. The minimum atomic E-state index is -0.0753. The third kappa shape index (κ3) is 2.30. The Balaban J connectivity index is 1.55. The molecule has 1 saturated carbocycles. The van der Waals surface area contributed by atoms with Crippen LogP contribution in [0.1, 0.15) is 66.6 Å². The van der Waals surface area contributed by atoms with Gasteiger partial charge in [0.25, 0.3) is 5.91 Å². The smallest absolute Gasteiger partial charge is 0.257 e. The molecular weight excluding hydrogens is 282 g/mol. The van der Waals surface area contributed by atoms with E-state index in [-0.39, 0.29) is 11.9 Å². The second kappa shape index (κ2) is 5.23. The molecule has 0 bridgehead atoms. The molecule has 0 radical (unpaired) electrons. The molecule has 2 aromatic heterocycles. The van der Waals surface area contributed by atoms with Crippen molar-refractivity contribution >= 4 is 5.91 Å². The van der Waals surface area contributed by atoms with E-state index in [1.54, 1.807) is 17.1 Å². The second-order valence-corrected chi connectivity index (χ2v) is 6.01. The number of hydrogen-bond donors (Lipinski definition) is 0. The highest BCUT2D eigenvalue weighted by Gasteiger charge is 2.36. The summed E-state index contributed by atoms with van der Waals surface area (Å²) in [6.45, 7) is 3.49. The van der Waals surface area contributed by atoms with Crippen LogP contribution in [0.5, 0.6) is 0 Å². The van der Waals surface area contributed by atoms with E-state index in [9.17, 15) is 4.79 Å². The Morgan fingerprint density at radius 1 is 1.41 bits per heavy atom. The summed E-state index contributed by atoms with van der Waals surface area (Å²) in [4.78, 5) is 19.1. The molecule has 1 atom stereocenters. The van der Waals surface area contributed by atoms with Crippen molar-refractivity contribution in [2.75, 3.05) is 6.54 Å². The third-order valence-corrected chi connectivity index (χ3v) is 4.40. The van der Waals surface area contributed by atoms with Crippen molar-refractivity contribution in [2.24, 2.45) is 0 Å². The molecule has 1 saturated heterocycles. The lowest BCUT2D eigenvalue weighted by Gasteiger charge is -2.21. The van der Waals surface area contributed by atoms with Crippen molar-refractivity contribution in [1.29, 1.82) is 0 Å². The monoisotopic (exact) mass is 301 g/mol. The lowest BCUT2D eigenvalue weighted by Crippen LogP contribution is -2.30. The van der Waals surface area contributed by atoms with Crippen LogP contribution in [-0.4, -0.2) is 37.3 Å². The first-order chi connectivity index (χ1) is 10.8. The van der Waals surface area contributed by atoms with Crippen LogP contribution in [0.15, 0.2) is 16.9 Å². The average molecular weight is 301 g/mol. The Labute approximate surface area is 128 Å². The van der Waals surface area contributed by atoms with Gasteiger partial charge in [0, 0.05) is 25.2 Å². The summed E-state index contributed by atoms with van der Waals surface area (Å²) in [6.07, 6.45) is 7.54. The number of carbonyl (C=O) groups excluding carboxylic acids is 1. The number of aromatic nitrogens is 4. The van der Waals surface area contributed by atoms with Gasteiger partial charge in [0.1, 0.15) is 0 Å². The molecule has 2 aromatic rings. The zero-order valence-corrected chi connectivity index (χ0v) is 12.6. The first kappa shape index (κ1) is 13.5. The van der Waals surface area contributed by atoms with Crippen molar-refractivity contribution < 1.29 is 9.32 Å². The highest BCUT2D eigenvalue weighted by Crippen LogP contribution is 2.40. The molecule has 7 heteroatoms. The Hall–Kier alpha value is -2.18. The fourth-order valence-corrected chi connectivity index (χ4v) is 2.97. The molecule has 0 aromatic carbocycles. The van der Waals surface area contributed by atoms with Crippen molar-refractivity contribution in [3.63, 3.8) is 0 Å². The maximum Gasteiger partial charge on any atom is 0.257 e. The number of aryl methyl sites for hydroxylation is 1. The molecule has 1 aliphatic heterocycles. The minimum Gasteiger partial charge on any atom is -0.339 e. The lowest BCUT2D eigenvalue weighted by molar-refractivity contribution is 0.0728. The summed E-state index contributed by atoms with van der Waals surface area (Å²) in [6, 6.07) is -0.0753. The van der Waals surface area contributed by atoms with Gasteiger partial charge in [-0.25, -0.2) is 0 Å². The number of likely N-dealkylation sites (tertiary alicyclic amines) is 1. The van der Waals surface area contributed by atoms with Crippen LogP contribution in [0.2, 0.25) is 0 Å². The molecule has 0 spiro atoms. The molecule has 2 fully saturated rings. The van der Waals surface area contributed by atoms with Crippen molar-refractivity contribution in [3.8, 4) is 0 Å². The zero-order valence-electron chi connectivity index (χ0n) is 12.6. The standard InChI is InChI=1S/C15H19N5O2/c1-2-19-9-11(8-16-19)15(21)20-7-3-4-12(20)13-17-14(22-18-13)10-5-6-10/h8-10,12H,2-7H2,1H3/t12-/m0/s1. The first-order valence-corrected chi connectivity index (χ1v) is 7.93. The van der Waals surface area contributed by atoms with Crippen molar-refractivity contribution in [3.05, 3.63) is 29.7 Å². The van der Waals surface area contributed by atoms with E-state index >= 15 is 0 Å². The summed E-state index contributed by atoms with van der Waals surface area (Å²) in [5.74, 6) is 1.82. The molecule has 1 amide bonds. The van der Waals surface area contributed by atoms with Gasteiger partial charge >= 0.3 is 0 Å². The van der Waals surface area contributed by atoms with Gasteiger partial charge < -0.3 is 9.42 Å². The molecule has 0 unspecified atom stereocenters. The Kier molecular flexibility index (Phi) is 3.20. The summed E-state index contributed by atoms with van der Waals surface area (Å²) in [7, 11) is 0. The highest BCUT2D eigenvalue weighted by molar-refractivity contribution is 5.94. The van der Waals surface area contributed by atoms with Crippen LogP contribution < -0.4 is 0 Å². The maximum absolute atomic E-state index is 12.7. The van der Waals surface area contributed by atoms with Gasteiger partial charge in [0.05, 0.1) is 17.8 Å². The Morgan fingerprint density at radius 2 is 2.27 bits per heavy atom. The Morgan fingerprint density at radius 3 is 3.00 bits per heavy atom. The Bertz CT molecular complexity index is 688. The zero-order chi connectivity index (χ0) is 15.1. The van der Waals surface area contributed by atoms with Crippen LogP contribution in [0.25, 0.3) is 0 Å². The molecule has 22 heavy (non-hydrogen) atoms. The van der Waals surface area contributed by atoms with E-state index in [1.807, 2.05) is 11.8 Å². The van der Waals surface area contributed by atoms with Gasteiger partial charge in [-0.2, -0.15) is 10.1 Å². The first-order valence-electron chi connectivity index (χ1n) is 7.93. The summed E-state index contributed by atoms with van der Waals surface area (Å²) < 4.78 is 7.10.